The van der Waals surface area contributed by atoms with Crippen molar-refractivity contribution in [3.05, 3.63) is 23.8 Å². The number of hydrogen-bond donors (Lipinski definition) is 2. The third-order valence-electron chi connectivity index (χ3n) is 2.97. The highest BCUT2D eigenvalue weighted by Crippen LogP contribution is 2.20. The Morgan fingerprint density at radius 3 is 2.43 bits per heavy atom. The number of carbonyl (C=O) groups excluding carboxylic acids is 1. The van der Waals surface area contributed by atoms with Gasteiger partial charge in [0.25, 0.3) is 0 Å². The molecular formula is C16H26N2O4S. The first-order valence-corrected chi connectivity index (χ1v) is 9.39. The predicted octanol–water partition coefficient (Wildman–Crippen LogP) is 2.73. The first-order chi connectivity index (χ1) is 10.5. The average molecular weight is 342 g/mol. The Morgan fingerprint density at radius 1 is 1.22 bits per heavy atom. The zero-order valence-electron chi connectivity index (χ0n) is 14.4. The van der Waals surface area contributed by atoms with Gasteiger partial charge in [-0.05, 0) is 51.8 Å². The van der Waals surface area contributed by atoms with Crippen LogP contribution in [0.15, 0.2) is 23.1 Å². The monoisotopic (exact) mass is 342 g/mol. The number of benzene rings is 1. The second-order valence-electron chi connectivity index (χ2n) is 6.46. The molecule has 6 nitrogen and oxygen atoms in total. The summed E-state index contributed by atoms with van der Waals surface area (Å²) < 4.78 is 28.3. The Hall–Kier alpha value is -1.76. The van der Waals surface area contributed by atoms with E-state index in [4.69, 9.17) is 4.74 Å². The molecule has 130 valence electrons. The largest absolute Gasteiger partial charge is 0.444 e. The SMILES string of the molecule is Cc1ccc(S(C)(=O)=O)cc1NCCCNC(=O)OC(C)(C)C. The number of amides is 1. The molecule has 0 bridgehead atoms. The summed E-state index contributed by atoms with van der Waals surface area (Å²) in [5.74, 6) is 0. The molecule has 0 unspecified atom stereocenters. The van der Waals surface area contributed by atoms with Crippen LogP contribution >= 0.6 is 0 Å². The lowest BCUT2D eigenvalue weighted by atomic mass is 10.2. The highest BCUT2D eigenvalue weighted by Gasteiger charge is 2.15. The van der Waals surface area contributed by atoms with Crippen molar-refractivity contribution < 1.29 is 17.9 Å². The van der Waals surface area contributed by atoms with E-state index in [0.29, 0.717) is 19.5 Å². The minimum absolute atomic E-state index is 0.289. The molecule has 1 amide bonds. The second kappa shape index (κ2) is 7.68. The fourth-order valence-electron chi connectivity index (χ4n) is 1.84. The number of nitrogens with one attached hydrogen (secondary N) is 2. The summed E-state index contributed by atoms with van der Waals surface area (Å²) >= 11 is 0. The lowest BCUT2D eigenvalue weighted by Crippen LogP contribution is -2.33. The number of rotatable bonds is 6. The van der Waals surface area contributed by atoms with Crippen molar-refractivity contribution in [3.63, 3.8) is 0 Å². The van der Waals surface area contributed by atoms with Crippen molar-refractivity contribution in [1.82, 2.24) is 5.32 Å². The molecule has 1 aromatic rings. The van der Waals surface area contributed by atoms with E-state index in [2.05, 4.69) is 10.6 Å². The minimum atomic E-state index is -3.22. The highest BCUT2D eigenvalue weighted by molar-refractivity contribution is 7.90. The Labute approximate surface area is 138 Å². The molecule has 0 aliphatic carbocycles. The van der Waals surface area contributed by atoms with Gasteiger partial charge in [-0.1, -0.05) is 6.07 Å². The standard InChI is InChI=1S/C16H26N2O4S/c1-12-7-8-13(23(5,20)21)11-14(12)17-9-6-10-18-15(19)22-16(2,3)4/h7-8,11,17H,6,9-10H2,1-5H3,(H,18,19). The summed E-state index contributed by atoms with van der Waals surface area (Å²) in [5, 5.41) is 5.87. The molecule has 0 radical (unpaired) electrons. The van der Waals surface area contributed by atoms with Gasteiger partial charge in [-0.3, -0.25) is 0 Å². The van der Waals surface area contributed by atoms with Gasteiger partial charge in [-0.2, -0.15) is 0 Å². The first kappa shape index (κ1) is 19.3. The molecular weight excluding hydrogens is 316 g/mol. The number of hydrogen-bond acceptors (Lipinski definition) is 5. The van der Waals surface area contributed by atoms with Crippen LogP contribution in [0.25, 0.3) is 0 Å². The van der Waals surface area contributed by atoms with E-state index in [0.717, 1.165) is 11.3 Å². The molecule has 0 saturated heterocycles. The molecule has 0 aliphatic heterocycles. The molecule has 0 saturated carbocycles. The van der Waals surface area contributed by atoms with Crippen molar-refractivity contribution in [1.29, 1.82) is 0 Å². The topological polar surface area (TPSA) is 84.5 Å². The summed E-state index contributed by atoms with van der Waals surface area (Å²) in [6, 6.07) is 5.00. The normalized spacial score (nSPS) is 11.9. The van der Waals surface area contributed by atoms with Gasteiger partial charge in [-0.25, -0.2) is 13.2 Å². The van der Waals surface area contributed by atoms with Crippen LogP contribution in [0.5, 0.6) is 0 Å². The van der Waals surface area contributed by atoms with Crippen molar-refractivity contribution in [2.75, 3.05) is 24.7 Å². The quantitative estimate of drug-likeness (QED) is 0.777. The van der Waals surface area contributed by atoms with Crippen molar-refractivity contribution in [3.8, 4) is 0 Å². The molecule has 1 aromatic carbocycles. The predicted molar refractivity (Wildman–Crippen MR) is 91.6 cm³/mol. The summed E-state index contributed by atoms with van der Waals surface area (Å²) in [6.45, 7) is 8.44. The van der Waals surface area contributed by atoms with Gasteiger partial charge in [0.2, 0.25) is 0 Å². The molecule has 2 N–H and O–H groups in total. The van der Waals surface area contributed by atoms with Crippen LogP contribution in [0.4, 0.5) is 10.5 Å². The molecule has 7 heteroatoms. The number of anilines is 1. The lowest BCUT2D eigenvalue weighted by molar-refractivity contribution is 0.0528. The van der Waals surface area contributed by atoms with Gasteiger partial charge in [0, 0.05) is 25.0 Å². The van der Waals surface area contributed by atoms with Gasteiger partial charge >= 0.3 is 6.09 Å². The van der Waals surface area contributed by atoms with Gasteiger partial charge in [-0.15, -0.1) is 0 Å². The zero-order valence-corrected chi connectivity index (χ0v) is 15.2. The fraction of sp³-hybridized carbons (Fsp3) is 0.562. The maximum atomic E-state index is 11.6. The van der Waals surface area contributed by atoms with E-state index < -0.39 is 21.5 Å². The summed E-state index contributed by atoms with van der Waals surface area (Å²) in [4.78, 5) is 11.8. The van der Waals surface area contributed by atoms with Crippen LogP contribution in [0.2, 0.25) is 0 Å². The number of sulfone groups is 1. The Balaban J connectivity index is 2.43. The first-order valence-electron chi connectivity index (χ1n) is 7.50. The number of aryl methyl sites for hydroxylation is 1. The Kier molecular flexibility index (Phi) is 6.44. The lowest BCUT2D eigenvalue weighted by Gasteiger charge is -2.19. The minimum Gasteiger partial charge on any atom is -0.444 e. The van der Waals surface area contributed by atoms with E-state index in [1.54, 1.807) is 18.2 Å². The van der Waals surface area contributed by atoms with Crippen LogP contribution in [0.3, 0.4) is 0 Å². The van der Waals surface area contributed by atoms with Crippen LogP contribution in [-0.2, 0) is 14.6 Å². The summed E-state index contributed by atoms with van der Waals surface area (Å²) in [5.41, 5.74) is 1.24. The Bertz CT molecular complexity index is 649. The summed E-state index contributed by atoms with van der Waals surface area (Å²) in [6.07, 6.45) is 1.45. The maximum Gasteiger partial charge on any atom is 0.407 e. The molecule has 1 rings (SSSR count). The molecule has 0 spiro atoms. The third-order valence-corrected chi connectivity index (χ3v) is 4.08. The average Bonchev–Trinajstić information content (AvgIpc) is 2.36. The van der Waals surface area contributed by atoms with Crippen LogP contribution < -0.4 is 10.6 Å². The molecule has 0 aromatic heterocycles. The number of ether oxygens (including phenoxy) is 1. The molecule has 23 heavy (non-hydrogen) atoms. The van der Waals surface area contributed by atoms with Gasteiger partial charge in [0.15, 0.2) is 9.84 Å². The van der Waals surface area contributed by atoms with Crippen LogP contribution in [0.1, 0.15) is 32.8 Å². The molecule has 0 atom stereocenters. The van der Waals surface area contributed by atoms with Crippen LogP contribution in [-0.4, -0.2) is 39.5 Å². The van der Waals surface area contributed by atoms with Crippen molar-refractivity contribution in [2.45, 2.75) is 44.6 Å². The fourth-order valence-corrected chi connectivity index (χ4v) is 2.49. The molecule has 0 aliphatic rings. The highest BCUT2D eigenvalue weighted by atomic mass is 32.2. The van der Waals surface area contributed by atoms with E-state index in [9.17, 15) is 13.2 Å². The van der Waals surface area contributed by atoms with Crippen LogP contribution in [0, 0.1) is 6.92 Å². The van der Waals surface area contributed by atoms with E-state index in [-0.39, 0.29) is 4.90 Å². The second-order valence-corrected chi connectivity index (χ2v) is 8.47. The summed E-state index contributed by atoms with van der Waals surface area (Å²) in [7, 11) is -3.22. The number of carbonyl (C=O) groups is 1. The van der Waals surface area contributed by atoms with Gasteiger partial charge < -0.3 is 15.4 Å². The van der Waals surface area contributed by atoms with Crippen molar-refractivity contribution in [2.24, 2.45) is 0 Å². The van der Waals surface area contributed by atoms with Crippen molar-refractivity contribution >= 4 is 21.6 Å². The Morgan fingerprint density at radius 2 is 1.87 bits per heavy atom. The van der Waals surface area contributed by atoms with Gasteiger partial charge in [0.1, 0.15) is 5.60 Å². The van der Waals surface area contributed by atoms with E-state index in [1.807, 2.05) is 27.7 Å². The zero-order chi connectivity index (χ0) is 17.7. The van der Waals surface area contributed by atoms with E-state index in [1.165, 1.54) is 6.26 Å². The maximum absolute atomic E-state index is 11.6. The smallest absolute Gasteiger partial charge is 0.407 e. The van der Waals surface area contributed by atoms with Gasteiger partial charge in [0.05, 0.1) is 4.90 Å². The molecule has 0 heterocycles. The van der Waals surface area contributed by atoms with E-state index >= 15 is 0 Å². The third kappa shape index (κ3) is 7.36. The molecule has 0 fully saturated rings. The number of alkyl carbamates (subject to hydrolysis) is 1.